The minimum absolute atomic E-state index is 0.0620. The molecule has 5 heteroatoms. The fourth-order valence-corrected chi connectivity index (χ4v) is 3.33. The zero-order valence-corrected chi connectivity index (χ0v) is 17.4. The van der Waals surface area contributed by atoms with Gasteiger partial charge < -0.3 is 9.74 Å². The summed E-state index contributed by atoms with van der Waals surface area (Å²) < 4.78 is 0. The molecule has 0 fully saturated rings. The van der Waals surface area contributed by atoms with Crippen molar-refractivity contribution in [2.75, 3.05) is 6.54 Å². The predicted octanol–water partition coefficient (Wildman–Crippen LogP) is 5.30. The maximum Gasteiger partial charge on any atom is 0.223 e. The number of carbonyl (C=O) groups excluding carboxylic acids is 1. The number of nitrogens with zero attached hydrogens (tertiary/aromatic N) is 2. The van der Waals surface area contributed by atoms with Crippen molar-refractivity contribution in [3.8, 4) is 0 Å². The molecular formula is C23H27ClN2O2. The van der Waals surface area contributed by atoms with Gasteiger partial charge >= 0.3 is 0 Å². The van der Waals surface area contributed by atoms with E-state index in [0.717, 1.165) is 16.8 Å². The van der Waals surface area contributed by atoms with Crippen molar-refractivity contribution in [1.29, 1.82) is 0 Å². The molecule has 1 aliphatic heterocycles. The van der Waals surface area contributed by atoms with Crippen molar-refractivity contribution in [2.24, 2.45) is 10.6 Å². The van der Waals surface area contributed by atoms with Crippen molar-refractivity contribution in [3.05, 3.63) is 70.7 Å². The molecule has 0 saturated heterocycles. The molecule has 0 aromatic heterocycles. The standard InChI is InChI=1S/C23H27ClN2O2/c1-23(2,3)14-22(27)26(15-17-7-5-4-6-8-17)16-20-13-21(25-28-20)18-9-11-19(24)12-10-18/h4-12,20H,13-16H2,1-3H3/t20-/m1/s1. The molecule has 148 valence electrons. The highest BCUT2D eigenvalue weighted by molar-refractivity contribution is 6.30. The Labute approximate surface area is 172 Å². The lowest BCUT2D eigenvalue weighted by molar-refractivity contribution is -0.135. The zero-order valence-electron chi connectivity index (χ0n) is 16.7. The van der Waals surface area contributed by atoms with E-state index in [-0.39, 0.29) is 17.4 Å². The maximum atomic E-state index is 13.0. The van der Waals surface area contributed by atoms with Crippen LogP contribution in [0.4, 0.5) is 0 Å². The summed E-state index contributed by atoms with van der Waals surface area (Å²) in [7, 11) is 0. The lowest BCUT2D eigenvalue weighted by Crippen LogP contribution is -2.38. The van der Waals surface area contributed by atoms with Gasteiger partial charge in [-0.1, -0.05) is 80.0 Å². The topological polar surface area (TPSA) is 41.9 Å². The fraction of sp³-hybridized carbons (Fsp3) is 0.391. The minimum atomic E-state index is -0.140. The van der Waals surface area contributed by atoms with Crippen LogP contribution >= 0.6 is 11.6 Å². The number of halogens is 1. The van der Waals surface area contributed by atoms with Crippen molar-refractivity contribution in [3.63, 3.8) is 0 Å². The molecule has 0 spiro atoms. The zero-order chi connectivity index (χ0) is 20.1. The number of oxime groups is 1. The van der Waals surface area contributed by atoms with Crippen LogP contribution in [0.2, 0.25) is 5.02 Å². The molecule has 0 aliphatic carbocycles. The van der Waals surface area contributed by atoms with Crippen LogP contribution in [0.1, 0.15) is 44.7 Å². The molecule has 0 bridgehead atoms. The lowest BCUT2D eigenvalue weighted by atomic mass is 9.91. The van der Waals surface area contributed by atoms with E-state index < -0.39 is 0 Å². The van der Waals surface area contributed by atoms with Gasteiger partial charge in [-0.25, -0.2) is 0 Å². The van der Waals surface area contributed by atoms with Gasteiger partial charge in [0.05, 0.1) is 12.3 Å². The van der Waals surface area contributed by atoms with E-state index in [4.69, 9.17) is 16.4 Å². The Bertz CT molecular complexity index is 826. The van der Waals surface area contributed by atoms with Crippen molar-refractivity contribution in [1.82, 2.24) is 4.90 Å². The third-order valence-electron chi connectivity index (χ3n) is 4.58. The summed E-state index contributed by atoms with van der Waals surface area (Å²) in [5.41, 5.74) is 2.95. The van der Waals surface area contributed by atoms with Crippen LogP contribution < -0.4 is 0 Å². The second kappa shape index (κ2) is 8.78. The highest BCUT2D eigenvalue weighted by atomic mass is 35.5. The van der Waals surface area contributed by atoms with E-state index in [2.05, 4.69) is 25.9 Å². The van der Waals surface area contributed by atoms with Crippen LogP contribution in [0, 0.1) is 5.41 Å². The molecule has 3 rings (SSSR count). The maximum absolute atomic E-state index is 13.0. The molecule has 4 nitrogen and oxygen atoms in total. The number of hydrogen-bond donors (Lipinski definition) is 0. The number of hydrogen-bond acceptors (Lipinski definition) is 3. The number of benzene rings is 2. The van der Waals surface area contributed by atoms with Gasteiger partial charge in [-0.05, 0) is 28.7 Å². The molecule has 2 aromatic carbocycles. The third-order valence-corrected chi connectivity index (χ3v) is 4.84. The van der Waals surface area contributed by atoms with Crippen molar-refractivity contribution < 1.29 is 9.63 Å². The largest absolute Gasteiger partial charge is 0.390 e. The molecule has 2 aromatic rings. The summed E-state index contributed by atoms with van der Waals surface area (Å²) in [6.45, 7) is 7.34. The van der Waals surface area contributed by atoms with Gasteiger partial charge in [-0.2, -0.15) is 0 Å². The molecule has 0 saturated carbocycles. The van der Waals surface area contributed by atoms with Gasteiger partial charge in [0.2, 0.25) is 5.91 Å². The third kappa shape index (κ3) is 5.83. The average molecular weight is 399 g/mol. The van der Waals surface area contributed by atoms with E-state index in [0.29, 0.717) is 31.0 Å². The van der Waals surface area contributed by atoms with Gasteiger partial charge in [-0.15, -0.1) is 0 Å². The second-order valence-electron chi connectivity index (χ2n) is 8.47. The molecule has 28 heavy (non-hydrogen) atoms. The monoisotopic (exact) mass is 398 g/mol. The van der Waals surface area contributed by atoms with E-state index in [1.165, 1.54) is 0 Å². The Morgan fingerprint density at radius 1 is 1.14 bits per heavy atom. The highest BCUT2D eigenvalue weighted by Crippen LogP contribution is 2.23. The first-order valence-corrected chi connectivity index (χ1v) is 9.98. The molecule has 0 radical (unpaired) electrons. The molecule has 0 N–H and O–H groups in total. The van der Waals surface area contributed by atoms with E-state index in [1.54, 1.807) is 0 Å². The van der Waals surface area contributed by atoms with Crippen molar-refractivity contribution in [2.45, 2.75) is 46.3 Å². The Morgan fingerprint density at radius 3 is 2.46 bits per heavy atom. The van der Waals surface area contributed by atoms with Gasteiger partial charge in [-0.3, -0.25) is 4.79 Å². The highest BCUT2D eigenvalue weighted by Gasteiger charge is 2.28. The Morgan fingerprint density at radius 2 is 1.82 bits per heavy atom. The van der Waals surface area contributed by atoms with Crippen LogP contribution in [0.5, 0.6) is 0 Å². The summed E-state index contributed by atoms with van der Waals surface area (Å²) in [5.74, 6) is 0.139. The number of rotatable bonds is 6. The summed E-state index contributed by atoms with van der Waals surface area (Å²) in [6.07, 6.45) is 1.03. The number of carbonyl (C=O) groups is 1. The Hall–Kier alpha value is -2.33. The first-order chi connectivity index (χ1) is 13.3. The Balaban J connectivity index is 1.67. The summed E-state index contributed by atoms with van der Waals surface area (Å²) in [5, 5.41) is 4.94. The van der Waals surface area contributed by atoms with Crippen LogP contribution in [-0.4, -0.2) is 29.2 Å². The molecule has 1 atom stereocenters. The second-order valence-corrected chi connectivity index (χ2v) is 8.91. The van der Waals surface area contributed by atoms with Crippen LogP contribution in [0.15, 0.2) is 59.8 Å². The van der Waals surface area contributed by atoms with Crippen LogP contribution in [0.25, 0.3) is 0 Å². The van der Waals surface area contributed by atoms with Gasteiger partial charge in [0.25, 0.3) is 0 Å². The molecule has 1 heterocycles. The smallest absolute Gasteiger partial charge is 0.223 e. The fourth-order valence-electron chi connectivity index (χ4n) is 3.21. The summed E-state index contributed by atoms with van der Waals surface area (Å²) in [4.78, 5) is 20.5. The molecule has 1 amide bonds. The quantitative estimate of drug-likeness (QED) is 0.662. The SMILES string of the molecule is CC(C)(C)CC(=O)N(Cc1ccccc1)C[C@H]1CC(c2ccc(Cl)cc2)=NO1. The van der Waals surface area contributed by atoms with Gasteiger partial charge in [0.15, 0.2) is 6.10 Å². The predicted molar refractivity (Wildman–Crippen MR) is 113 cm³/mol. The lowest BCUT2D eigenvalue weighted by Gasteiger charge is -2.28. The Kier molecular flexibility index (Phi) is 6.40. The van der Waals surface area contributed by atoms with Crippen molar-refractivity contribution >= 4 is 23.2 Å². The average Bonchev–Trinajstić information content (AvgIpc) is 3.10. The summed E-state index contributed by atoms with van der Waals surface area (Å²) in [6, 6.07) is 17.6. The minimum Gasteiger partial charge on any atom is -0.390 e. The van der Waals surface area contributed by atoms with Crippen LogP contribution in [-0.2, 0) is 16.2 Å². The van der Waals surface area contributed by atoms with Crippen LogP contribution in [0.3, 0.4) is 0 Å². The molecule has 0 unspecified atom stereocenters. The summed E-state index contributed by atoms with van der Waals surface area (Å²) >= 11 is 5.97. The first-order valence-electron chi connectivity index (χ1n) is 9.60. The van der Waals surface area contributed by atoms with E-state index in [1.807, 2.05) is 59.5 Å². The number of amides is 1. The molecular weight excluding hydrogens is 372 g/mol. The van der Waals surface area contributed by atoms with Gasteiger partial charge in [0.1, 0.15) is 0 Å². The van der Waals surface area contributed by atoms with E-state index in [9.17, 15) is 4.79 Å². The normalized spacial score (nSPS) is 16.4. The van der Waals surface area contributed by atoms with E-state index >= 15 is 0 Å². The first kappa shape index (κ1) is 20.4. The van der Waals surface area contributed by atoms with Gasteiger partial charge in [0, 0.05) is 24.4 Å². The molecule has 1 aliphatic rings.